The molecule has 0 aliphatic rings. The van der Waals surface area contributed by atoms with Crippen molar-refractivity contribution in [3.05, 3.63) is 90.2 Å². The van der Waals surface area contributed by atoms with Gasteiger partial charge in [0.2, 0.25) is 0 Å². The predicted molar refractivity (Wildman–Crippen MR) is 97.3 cm³/mol. The molecule has 0 bridgehead atoms. The second-order valence-corrected chi connectivity index (χ2v) is 6.96. The highest BCUT2D eigenvalue weighted by molar-refractivity contribution is 7.92. The number of sulfonamides is 1. The Kier molecular flexibility index (Phi) is 4.90. The molecular formula is C19H15FN2O2S. The Morgan fingerprint density at radius 3 is 2.12 bits per heavy atom. The van der Waals surface area contributed by atoms with Crippen LogP contribution >= 0.6 is 0 Å². The van der Waals surface area contributed by atoms with Crippen LogP contribution in [0, 0.1) is 5.82 Å². The van der Waals surface area contributed by atoms with E-state index in [1.54, 1.807) is 18.3 Å². The van der Waals surface area contributed by atoms with Crippen molar-refractivity contribution in [2.45, 2.75) is 4.90 Å². The van der Waals surface area contributed by atoms with Crippen LogP contribution in [0.3, 0.4) is 0 Å². The van der Waals surface area contributed by atoms with Gasteiger partial charge in [0.05, 0.1) is 10.6 Å². The van der Waals surface area contributed by atoms with Gasteiger partial charge in [0.25, 0.3) is 10.0 Å². The number of anilines is 1. The first-order valence-electron chi connectivity index (χ1n) is 7.50. The molecule has 0 heterocycles. The van der Waals surface area contributed by atoms with E-state index >= 15 is 0 Å². The van der Waals surface area contributed by atoms with Crippen molar-refractivity contribution in [2.75, 3.05) is 4.72 Å². The van der Waals surface area contributed by atoms with Crippen LogP contribution in [0.4, 0.5) is 15.8 Å². The number of hydrogen-bond acceptors (Lipinski definition) is 3. The molecular weight excluding hydrogens is 339 g/mol. The highest BCUT2D eigenvalue weighted by Crippen LogP contribution is 2.20. The molecule has 3 rings (SSSR count). The summed E-state index contributed by atoms with van der Waals surface area (Å²) in [5.41, 5.74) is 1.90. The fourth-order valence-corrected chi connectivity index (χ4v) is 3.19. The Hall–Kier alpha value is -2.99. The molecule has 0 spiro atoms. The van der Waals surface area contributed by atoms with Crippen LogP contribution in [0.5, 0.6) is 0 Å². The van der Waals surface area contributed by atoms with Crippen molar-refractivity contribution in [2.24, 2.45) is 4.99 Å². The summed E-state index contributed by atoms with van der Waals surface area (Å²) in [4.78, 5) is 4.42. The highest BCUT2D eigenvalue weighted by atomic mass is 32.2. The zero-order valence-corrected chi connectivity index (χ0v) is 13.9. The summed E-state index contributed by atoms with van der Waals surface area (Å²) >= 11 is 0. The first-order chi connectivity index (χ1) is 12.0. The van der Waals surface area contributed by atoms with E-state index in [-0.39, 0.29) is 4.90 Å². The monoisotopic (exact) mass is 354 g/mol. The van der Waals surface area contributed by atoms with Gasteiger partial charge in [-0.3, -0.25) is 9.71 Å². The first-order valence-corrected chi connectivity index (χ1v) is 8.99. The summed E-state index contributed by atoms with van der Waals surface area (Å²) in [6.45, 7) is 0. The summed E-state index contributed by atoms with van der Waals surface area (Å²) in [5, 5.41) is 0. The van der Waals surface area contributed by atoms with E-state index < -0.39 is 15.8 Å². The normalized spacial score (nSPS) is 11.6. The van der Waals surface area contributed by atoms with Crippen molar-refractivity contribution >= 4 is 27.6 Å². The molecule has 3 aromatic carbocycles. The van der Waals surface area contributed by atoms with Crippen LogP contribution in [-0.4, -0.2) is 14.6 Å². The lowest BCUT2D eigenvalue weighted by molar-refractivity contribution is 0.601. The fourth-order valence-electron chi connectivity index (χ4n) is 2.13. The maximum atomic E-state index is 12.9. The van der Waals surface area contributed by atoms with E-state index in [0.717, 1.165) is 5.56 Å². The van der Waals surface area contributed by atoms with Crippen molar-refractivity contribution in [1.82, 2.24) is 0 Å². The lowest BCUT2D eigenvalue weighted by atomic mass is 10.2. The molecule has 0 saturated heterocycles. The number of benzene rings is 3. The summed E-state index contributed by atoms with van der Waals surface area (Å²) in [6, 6.07) is 20.9. The summed E-state index contributed by atoms with van der Waals surface area (Å²) in [7, 11) is -3.73. The van der Waals surface area contributed by atoms with E-state index in [2.05, 4.69) is 9.71 Å². The van der Waals surface area contributed by atoms with Crippen LogP contribution in [-0.2, 0) is 10.0 Å². The minimum atomic E-state index is -3.73. The SMILES string of the molecule is O=S(=O)(Nc1ccc(F)cc1)c1ccc(N=Cc2ccccc2)cc1. The standard InChI is InChI=1S/C19H15FN2O2S/c20-16-6-8-18(9-7-16)22-25(23,24)19-12-10-17(11-13-19)21-14-15-4-2-1-3-5-15/h1-14,22H. The molecule has 6 heteroatoms. The van der Waals surface area contributed by atoms with Crippen molar-refractivity contribution < 1.29 is 12.8 Å². The molecule has 0 aliphatic carbocycles. The number of nitrogens with one attached hydrogen (secondary N) is 1. The zero-order chi connectivity index (χ0) is 17.7. The highest BCUT2D eigenvalue weighted by Gasteiger charge is 2.13. The van der Waals surface area contributed by atoms with Gasteiger partial charge in [0.15, 0.2) is 0 Å². The predicted octanol–water partition coefficient (Wildman–Crippen LogP) is 4.38. The van der Waals surface area contributed by atoms with E-state index in [0.29, 0.717) is 11.4 Å². The van der Waals surface area contributed by atoms with Gasteiger partial charge in [0, 0.05) is 11.9 Å². The first kappa shape index (κ1) is 16.9. The third-order valence-corrected chi connectivity index (χ3v) is 4.80. The van der Waals surface area contributed by atoms with Gasteiger partial charge in [-0.1, -0.05) is 30.3 Å². The average molecular weight is 354 g/mol. The zero-order valence-electron chi connectivity index (χ0n) is 13.1. The quantitative estimate of drug-likeness (QED) is 0.691. The van der Waals surface area contributed by atoms with Crippen molar-refractivity contribution in [3.8, 4) is 0 Å². The topological polar surface area (TPSA) is 58.5 Å². The second-order valence-electron chi connectivity index (χ2n) is 5.28. The molecule has 0 atom stereocenters. The van der Waals surface area contributed by atoms with Crippen LogP contribution in [0.15, 0.2) is 88.8 Å². The van der Waals surface area contributed by atoms with Crippen LogP contribution in [0.1, 0.15) is 5.56 Å². The van der Waals surface area contributed by atoms with E-state index in [1.807, 2.05) is 30.3 Å². The number of aliphatic imine (C=N–C) groups is 1. The summed E-state index contributed by atoms with van der Waals surface area (Å²) in [5.74, 6) is -0.427. The van der Waals surface area contributed by atoms with Gasteiger partial charge in [-0.15, -0.1) is 0 Å². The number of halogens is 1. The molecule has 1 N–H and O–H groups in total. The maximum absolute atomic E-state index is 12.9. The van der Waals surface area contributed by atoms with E-state index in [9.17, 15) is 12.8 Å². The van der Waals surface area contributed by atoms with Crippen LogP contribution in [0.25, 0.3) is 0 Å². The lowest BCUT2D eigenvalue weighted by Gasteiger charge is -2.08. The van der Waals surface area contributed by atoms with Crippen LogP contribution < -0.4 is 4.72 Å². The van der Waals surface area contributed by atoms with Crippen molar-refractivity contribution in [1.29, 1.82) is 0 Å². The molecule has 0 radical (unpaired) electrons. The number of nitrogens with zero attached hydrogens (tertiary/aromatic N) is 1. The van der Waals surface area contributed by atoms with Crippen LogP contribution in [0.2, 0.25) is 0 Å². The molecule has 0 aliphatic heterocycles. The van der Waals surface area contributed by atoms with Crippen molar-refractivity contribution in [3.63, 3.8) is 0 Å². The van der Waals surface area contributed by atoms with Gasteiger partial charge in [-0.05, 0) is 54.1 Å². The minimum absolute atomic E-state index is 0.107. The Morgan fingerprint density at radius 2 is 1.48 bits per heavy atom. The Bertz CT molecular complexity index is 968. The molecule has 0 unspecified atom stereocenters. The second kappa shape index (κ2) is 7.27. The largest absolute Gasteiger partial charge is 0.280 e. The molecule has 3 aromatic rings. The molecule has 0 fully saturated rings. The van der Waals surface area contributed by atoms with Gasteiger partial charge in [-0.2, -0.15) is 0 Å². The molecule has 4 nitrogen and oxygen atoms in total. The van der Waals surface area contributed by atoms with Gasteiger partial charge in [-0.25, -0.2) is 12.8 Å². The number of rotatable bonds is 5. The fraction of sp³-hybridized carbons (Fsp3) is 0. The van der Waals surface area contributed by atoms with E-state index in [4.69, 9.17) is 0 Å². The molecule has 126 valence electrons. The van der Waals surface area contributed by atoms with Gasteiger partial charge >= 0.3 is 0 Å². The molecule has 0 saturated carbocycles. The maximum Gasteiger partial charge on any atom is 0.261 e. The molecule has 0 amide bonds. The third-order valence-electron chi connectivity index (χ3n) is 3.41. The summed E-state index contributed by atoms with van der Waals surface area (Å²) in [6.07, 6.45) is 1.71. The van der Waals surface area contributed by atoms with Gasteiger partial charge in [0.1, 0.15) is 5.82 Å². The Labute approximate surface area is 145 Å². The van der Waals surface area contributed by atoms with Gasteiger partial charge < -0.3 is 0 Å². The minimum Gasteiger partial charge on any atom is -0.280 e. The lowest BCUT2D eigenvalue weighted by Crippen LogP contribution is -2.12. The molecule has 25 heavy (non-hydrogen) atoms. The number of hydrogen-bond donors (Lipinski definition) is 1. The average Bonchev–Trinajstić information content (AvgIpc) is 2.63. The molecule has 0 aromatic heterocycles. The summed E-state index contributed by atoms with van der Waals surface area (Å²) < 4.78 is 40.0. The smallest absolute Gasteiger partial charge is 0.261 e. The Morgan fingerprint density at radius 1 is 0.840 bits per heavy atom. The van der Waals surface area contributed by atoms with E-state index in [1.165, 1.54) is 36.4 Å². The third kappa shape index (κ3) is 4.51. The Balaban J connectivity index is 1.74.